The Bertz CT molecular complexity index is 1750. The number of Topliss-reactive ketones (excluding diaryl/α,β-unsaturated/α-hetero) is 1. The third-order valence-corrected chi connectivity index (χ3v) is 7.82. The number of carbonyl (C=O) groups is 2. The van der Waals surface area contributed by atoms with Crippen molar-refractivity contribution in [1.29, 1.82) is 0 Å². The smallest absolute Gasteiger partial charge is 0.383 e. The zero-order chi connectivity index (χ0) is 33.1. The number of amides is 1. The molecule has 45 heavy (non-hydrogen) atoms. The number of nitrogens with one attached hydrogen (secondary N) is 1. The minimum Gasteiger partial charge on any atom is -0.383 e. The van der Waals surface area contributed by atoms with Crippen LogP contribution >= 0.6 is 0 Å². The predicted molar refractivity (Wildman–Crippen MR) is 144 cm³/mol. The van der Waals surface area contributed by atoms with Crippen molar-refractivity contribution in [2.45, 2.75) is 69.6 Å². The zero-order valence-corrected chi connectivity index (χ0v) is 23.6. The summed E-state index contributed by atoms with van der Waals surface area (Å²) in [6.07, 6.45) is -8.41. The van der Waals surface area contributed by atoms with Crippen LogP contribution in [-0.4, -0.2) is 80.9 Å². The number of ketones is 1. The maximum absolute atomic E-state index is 13.3. The number of nitrogen functional groups attached to an aromatic ring is 2. The lowest BCUT2D eigenvalue weighted by molar-refractivity contribution is -0.377. The Balaban J connectivity index is 1.49. The van der Waals surface area contributed by atoms with E-state index in [0.717, 1.165) is 10.6 Å². The normalized spacial score (nSPS) is 17.8. The number of aromatic amines is 1. The third-order valence-electron chi connectivity index (χ3n) is 7.82. The summed E-state index contributed by atoms with van der Waals surface area (Å²) in [5.41, 5.74) is 5.50. The van der Waals surface area contributed by atoms with Gasteiger partial charge in [-0.15, -0.1) is 10.2 Å². The molecule has 2 atom stereocenters. The van der Waals surface area contributed by atoms with Crippen LogP contribution in [0.25, 0.3) is 16.8 Å². The summed E-state index contributed by atoms with van der Waals surface area (Å²) < 4.78 is 81.0. The lowest BCUT2D eigenvalue weighted by Gasteiger charge is -2.31. The number of rotatable bonds is 7. The molecule has 0 aliphatic carbocycles. The van der Waals surface area contributed by atoms with Crippen molar-refractivity contribution >= 4 is 29.1 Å². The van der Waals surface area contributed by atoms with E-state index in [4.69, 9.17) is 11.5 Å². The molecular formula is C26H26F6N10O3. The number of aromatic nitrogens is 7. The number of H-pyrrole nitrogens is 1. The Morgan fingerprint density at radius 2 is 1.76 bits per heavy atom. The number of fused-ring (bicyclic) bond motifs is 1. The molecule has 1 amide bonds. The number of hydrogen-bond donors (Lipinski definition) is 4. The Kier molecular flexibility index (Phi) is 7.70. The molecule has 13 nitrogen and oxygen atoms in total. The maximum atomic E-state index is 13.3. The Hall–Kier alpha value is -4.81. The molecule has 0 spiro atoms. The summed E-state index contributed by atoms with van der Waals surface area (Å²) in [5.74, 6) is -0.957. The summed E-state index contributed by atoms with van der Waals surface area (Å²) in [6, 6.07) is 0.895. The number of aryl methyl sites for hydroxylation is 1. The van der Waals surface area contributed by atoms with Gasteiger partial charge in [0.1, 0.15) is 5.82 Å². The first-order chi connectivity index (χ1) is 21.0. The van der Waals surface area contributed by atoms with Crippen LogP contribution in [0.3, 0.4) is 0 Å². The van der Waals surface area contributed by atoms with Gasteiger partial charge in [-0.25, -0.2) is 4.98 Å². The number of nitrogens with zero attached hydrogens (tertiary/aromatic N) is 7. The highest BCUT2D eigenvalue weighted by molar-refractivity contribution is 6.00. The Labute approximate surface area is 249 Å². The van der Waals surface area contributed by atoms with Gasteiger partial charge in [-0.2, -0.15) is 36.0 Å². The molecule has 1 saturated heterocycles. The minimum atomic E-state index is -6.10. The van der Waals surface area contributed by atoms with Gasteiger partial charge >= 0.3 is 12.4 Å². The molecule has 1 fully saturated rings. The van der Waals surface area contributed by atoms with Crippen LogP contribution in [-0.2, 0) is 12.0 Å². The van der Waals surface area contributed by atoms with E-state index < -0.39 is 35.3 Å². The monoisotopic (exact) mass is 640 g/mol. The fourth-order valence-electron chi connectivity index (χ4n) is 5.57. The van der Waals surface area contributed by atoms with Crippen LogP contribution < -0.4 is 11.5 Å². The van der Waals surface area contributed by atoms with E-state index in [-0.39, 0.29) is 64.1 Å². The molecule has 0 saturated carbocycles. The van der Waals surface area contributed by atoms with E-state index in [1.807, 2.05) is 6.92 Å². The number of alkyl halides is 6. The molecular weight excluding hydrogens is 614 g/mol. The number of anilines is 2. The van der Waals surface area contributed by atoms with Gasteiger partial charge in [-0.05, 0) is 45.6 Å². The van der Waals surface area contributed by atoms with E-state index in [2.05, 4.69) is 30.2 Å². The molecule has 5 heterocycles. The predicted octanol–water partition coefficient (Wildman–Crippen LogP) is 3.21. The number of nitrogens with two attached hydrogens (primary N) is 2. The van der Waals surface area contributed by atoms with Crippen LogP contribution in [0, 0.1) is 0 Å². The molecule has 0 aromatic carbocycles. The average molecular weight is 641 g/mol. The van der Waals surface area contributed by atoms with Crippen molar-refractivity contribution < 1.29 is 41.0 Å². The SMILES string of the molecule is CC(=O)c1c(CC[C@H]2CC[C@@H](C)N2C(=O)c2nnc(N)[nH]2)nc2c(-c3ccc(C(O)(C(F)(F)F)C(F)(F)F)nc3)cnn2c1N. The lowest BCUT2D eigenvalue weighted by atomic mass is 9.96. The largest absolute Gasteiger partial charge is 0.432 e. The number of hydrogen-bond acceptors (Lipinski definition) is 10. The second kappa shape index (κ2) is 11.0. The van der Waals surface area contributed by atoms with E-state index in [0.29, 0.717) is 31.5 Å². The molecule has 0 bridgehead atoms. The number of carbonyl (C=O) groups excluding carboxylic acids is 2. The minimum absolute atomic E-state index is 0.0151. The third kappa shape index (κ3) is 5.29. The first kappa shape index (κ1) is 31.6. The van der Waals surface area contributed by atoms with E-state index in [1.165, 1.54) is 13.1 Å². The van der Waals surface area contributed by atoms with Gasteiger partial charge in [0.15, 0.2) is 11.4 Å². The van der Waals surface area contributed by atoms with Crippen molar-refractivity contribution in [3.8, 4) is 11.1 Å². The van der Waals surface area contributed by atoms with Gasteiger partial charge in [0.25, 0.3) is 11.5 Å². The molecule has 240 valence electrons. The molecule has 19 heteroatoms. The molecule has 4 aromatic rings. The molecule has 0 radical (unpaired) electrons. The van der Waals surface area contributed by atoms with Gasteiger partial charge < -0.3 is 26.5 Å². The van der Waals surface area contributed by atoms with Crippen LogP contribution in [0.5, 0.6) is 0 Å². The molecule has 1 aliphatic heterocycles. The lowest BCUT2D eigenvalue weighted by Crippen LogP contribution is -2.54. The topological polar surface area (TPSA) is 194 Å². The van der Waals surface area contributed by atoms with E-state index in [1.54, 1.807) is 4.90 Å². The van der Waals surface area contributed by atoms with Gasteiger partial charge in [-0.3, -0.25) is 14.6 Å². The van der Waals surface area contributed by atoms with Gasteiger partial charge in [0.05, 0.1) is 23.1 Å². The highest BCUT2D eigenvalue weighted by Gasteiger charge is 2.72. The zero-order valence-electron chi connectivity index (χ0n) is 23.6. The first-order valence-corrected chi connectivity index (χ1v) is 13.5. The molecule has 6 N–H and O–H groups in total. The quantitative estimate of drug-likeness (QED) is 0.172. The molecule has 1 aliphatic rings. The first-order valence-electron chi connectivity index (χ1n) is 13.5. The van der Waals surface area contributed by atoms with Gasteiger partial charge in [0.2, 0.25) is 11.8 Å². The highest BCUT2D eigenvalue weighted by Crippen LogP contribution is 2.49. The fraction of sp³-hybridized carbons (Fsp3) is 0.423. The summed E-state index contributed by atoms with van der Waals surface area (Å²) in [5, 5.41) is 21.2. The van der Waals surface area contributed by atoms with Crippen molar-refractivity contribution in [2.24, 2.45) is 0 Å². The van der Waals surface area contributed by atoms with Crippen LogP contribution in [0.4, 0.5) is 38.1 Å². The number of aliphatic hydroxyl groups is 1. The van der Waals surface area contributed by atoms with E-state index >= 15 is 0 Å². The van der Waals surface area contributed by atoms with Crippen molar-refractivity contribution in [3.05, 3.63) is 47.3 Å². The summed E-state index contributed by atoms with van der Waals surface area (Å²) in [7, 11) is 0. The number of likely N-dealkylation sites (tertiary alicyclic amines) is 1. The summed E-state index contributed by atoms with van der Waals surface area (Å²) >= 11 is 0. The van der Waals surface area contributed by atoms with Gasteiger partial charge in [-0.1, -0.05) is 6.07 Å². The van der Waals surface area contributed by atoms with Gasteiger partial charge in [0, 0.05) is 29.4 Å². The summed E-state index contributed by atoms with van der Waals surface area (Å²) in [4.78, 5) is 37.9. The highest BCUT2D eigenvalue weighted by atomic mass is 19.4. The average Bonchev–Trinajstić information content (AvgIpc) is 3.68. The van der Waals surface area contributed by atoms with E-state index in [9.17, 15) is 41.0 Å². The fourth-order valence-corrected chi connectivity index (χ4v) is 5.57. The second-order valence-electron chi connectivity index (χ2n) is 10.7. The van der Waals surface area contributed by atoms with Crippen LogP contribution in [0.15, 0.2) is 24.5 Å². The number of pyridine rings is 1. The van der Waals surface area contributed by atoms with Crippen LogP contribution in [0.1, 0.15) is 65.5 Å². The van der Waals surface area contributed by atoms with Crippen molar-refractivity contribution in [2.75, 3.05) is 11.5 Å². The summed E-state index contributed by atoms with van der Waals surface area (Å²) in [6.45, 7) is 3.16. The standard InChI is InChI=1S/C26H26F6N10O3/c1-11-3-5-14(41(11)22(44)20-38-23(34)40-39-20)6-7-16-18(12(2)43)19(33)42-21(37-16)15(10-36-42)13-4-8-17(35-9-13)24(45,25(27,28)29)26(30,31)32/h4,8-11,14,45H,3,5-7,33H2,1-2H3,(H3,34,38,39,40)/t11-,14-/m1/s1. The molecule has 0 unspecified atom stereocenters. The maximum Gasteiger partial charge on any atom is 0.432 e. The Morgan fingerprint density at radius 1 is 1.07 bits per heavy atom. The molecule has 4 aromatic heterocycles. The Morgan fingerprint density at radius 3 is 2.31 bits per heavy atom. The van der Waals surface area contributed by atoms with Crippen LogP contribution in [0.2, 0.25) is 0 Å². The molecule has 5 rings (SSSR count). The number of halogens is 6. The second-order valence-corrected chi connectivity index (χ2v) is 10.7. The van der Waals surface area contributed by atoms with Crippen molar-refractivity contribution in [3.63, 3.8) is 0 Å². The van der Waals surface area contributed by atoms with Crippen molar-refractivity contribution in [1.82, 2.24) is 39.7 Å².